The summed E-state index contributed by atoms with van der Waals surface area (Å²) in [5, 5.41) is 0. The minimum absolute atomic E-state index is 0.384. The fraction of sp³-hybridized carbons (Fsp3) is 0.455. The molecule has 0 aromatic carbocycles. The smallest absolute Gasteiger partial charge is 0.123 e. The zero-order chi connectivity index (χ0) is 10.8. The third-order valence-electron chi connectivity index (χ3n) is 2.71. The summed E-state index contributed by atoms with van der Waals surface area (Å²) in [5.41, 5.74) is 7.52. The molecule has 0 amide bonds. The summed E-state index contributed by atoms with van der Waals surface area (Å²) in [6.45, 7) is 0.880. The monoisotopic (exact) mass is 221 g/mol. The van der Waals surface area contributed by atoms with Gasteiger partial charge in [-0.05, 0) is 31.5 Å². The van der Waals surface area contributed by atoms with Crippen LogP contribution in [0.25, 0.3) is 0 Å². The van der Waals surface area contributed by atoms with E-state index in [2.05, 4.69) is 16.9 Å². The topological polar surface area (TPSA) is 42.2 Å². The third-order valence-corrected chi connectivity index (χ3v) is 2.91. The van der Waals surface area contributed by atoms with E-state index in [0.29, 0.717) is 4.99 Å². The lowest BCUT2D eigenvalue weighted by Crippen LogP contribution is -2.23. The van der Waals surface area contributed by atoms with E-state index in [9.17, 15) is 0 Å². The molecule has 0 spiro atoms. The first-order valence-electron chi connectivity index (χ1n) is 5.12. The molecule has 15 heavy (non-hydrogen) atoms. The maximum Gasteiger partial charge on any atom is 0.123 e. The van der Waals surface area contributed by atoms with Gasteiger partial charge in [0, 0.05) is 18.8 Å². The van der Waals surface area contributed by atoms with Gasteiger partial charge in [-0.1, -0.05) is 18.3 Å². The summed E-state index contributed by atoms with van der Waals surface area (Å²) in [5.74, 6) is 0. The summed E-state index contributed by atoms with van der Waals surface area (Å²) < 4.78 is 0. The zero-order valence-electron chi connectivity index (χ0n) is 8.81. The van der Waals surface area contributed by atoms with E-state index in [0.717, 1.165) is 23.8 Å². The van der Waals surface area contributed by atoms with Gasteiger partial charge in [-0.2, -0.15) is 0 Å². The van der Waals surface area contributed by atoms with Crippen LogP contribution >= 0.6 is 12.2 Å². The number of hydrogen-bond acceptors (Lipinski definition) is 3. The summed E-state index contributed by atoms with van der Waals surface area (Å²) in [7, 11) is 2.13. The first kappa shape index (κ1) is 10.5. The van der Waals surface area contributed by atoms with Gasteiger partial charge in [0.15, 0.2) is 0 Å². The van der Waals surface area contributed by atoms with Gasteiger partial charge in [0.2, 0.25) is 0 Å². The van der Waals surface area contributed by atoms with Crippen LogP contribution < -0.4 is 5.73 Å². The normalized spacial score (nSPS) is 15.6. The predicted octanol–water partition coefficient (Wildman–Crippen LogP) is 1.31. The second kappa shape index (κ2) is 4.24. The molecule has 1 fully saturated rings. The molecule has 4 heteroatoms. The third kappa shape index (κ3) is 2.52. The van der Waals surface area contributed by atoms with Gasteiger partial charge >= 0.3 is 0 Å². The van der Waals surface area contributed by atoms with Gasteiger partial charge in [0.05, 0.1) is 0 Å². The molecular formula is C11H15N3S. The lowest BCUT2D eigenvalue weighted by Gasteiger charge is -2.17. The molecule has 2 rings (SSSR count). The van der Waals surface area contributed by atoms with Gasteiger partial charge in [-0.15, -0.1) is 0 Å². The molecule has 1 heterocycles. The largest absolute Gasteiger partial charge is 0.388 e. The highest BCUT2D eigenvalue weighted by molar-refractivity contribution is 7.80. The number of nitrogens with zero attached hydrogens (tertiary/aromatic N) is 2. The Kier molecular flexibility index (Phi) is 2.98. The highest BCUT2D eigenvalue weighted by atomic mass is 32.1. The standard InChI is InChI=1S/C11H15N3S/c1-14(9-4-5-9)7-8-3-2-6-13-10(8)11(12)15/h2-3,6,9H,4-5,7H2,1H3,(H2,12,15). The minimum Gasteiger partial charge on any atom is -0.388 e. The van der Waals surface area contributed by atoms with Crippen molar-refractivity contribution in [2.24, 2.45) is 5.73 Å². The van der Waals surface area contributed by atoms with E-state index in [1.807, 2.05) is 12.1 Å². The van der Waals surface area contributed by atoms with Crippen molar-refractivity contribution in [3.05, 3.63) is 29.6 Å². The molecule has 1 aliphatic carbocycles. The van der Waals surface area contributed by atoms with Crippen LogP contribution in [0, 0.1) is 0 Å². The molecule has 1 saturated carbocycles. The van der Waals surface area contributed by atoms with Crippen LogP contribution in [-0.2, 0) is 6.54 Å². The van der Waals surface area contributed by atoms with Gasteiger partial charge < -0.3 is 5.73 Å². The Hall–Kier alpha value is -1.00. The van der Waals surface area contributed by atoms with E-state index in [4.69, 9.17) is 18.0 Å². The second-order valence-corrected chi connectivity index (χ2v) is 4.46. The van der Waals surface area contributed by atoms with E-state index < -0.39 is 0 Å². The molecule has 3 nitrogen and oxygen atoms in total. The molecule has 1 aromatic rings. The Morgan fingerprint density at radius 3 is 3.00 bits per heavy atom. The van der Waals surface area contributed by atoms with Gasteiger partial charge in [-0.3, -0.25) is 9.88 Å². The van der Waals surface area contributed by atoms with E-state index in [1.54, 1.807) is 6.20 Å². The van der Waals surface area contributed by atoms with Crippen molar-refractivity contribution >= 4 is 17.2 Å². The van der Waals surface area contributed by atoms with Crippen molar-refractivity contribution in [2.45, 2.75) is 25.4 Å². The maximum absolute atomic E-state index is 5.63. The minimum atomic E-state index is 0.384. The zero-order valence-corrected chi connectivity index (χ0v) is 9.63. The summed E-state index contributed by atoms with van der Waals surface area (Å²) in [6, 6.07) is 4.71. The first-order chi connectivity index (χ1) is 7.18. The summed E-state index contributed by atoms with van der Waals surface area (Å²) in [4.78, 5) is 6.93. The lowest BCUT2D eigenvalue weighted by atomic mass is 10.2. The maximum atomic E-state index is 5.63. The molecule has 0 atom stereocenters. The predicted molar refractivity (Wildman–Crippen MR) is 64.6 cm³/mol. The Morgan fingerprint density at radius 1 is 1.67 bits per heavy atom. The Bertz CT molecular complexity index is 374. The number of rotatable bonds is 4. The fourth-order valence-corrected chi connectivity index (χ4v) is 1.88. The van der Waals surface area contributed by atoms with Crippen LogP contribution in [0.2, 0.25) is 0 Å². The molecule has 80 valence electrons. The van der Waals surface area contributed by atoms with Gasteiger partial charge in [0.25, 0.3) is 0 Å². The molecule has 1 aromatic heterocycles. The fourth-order valence-electron chi connectivity index (χ4n) is 1.70. The van der Waals surface area contributed by atoms with Crippen LogP contribution in [0.3, 0.4) is 0 Å². The molecule has 0 saturated heterocycles. The van der Waals surface area contributed by atoms with E-state index in [1.165, 1.54) is 12.8 Å². The lowest BCUT2D eigenvalue weighted by molar-refractivity contribution is 0.316. The molecule has 0 aliphatic heterocycles. The number of hydrogen-bond donors (Lipinski definition) is 1. The van der Waals surface area contributed by atoms with Crippen molar-refractivity contribution in [2.75, 3.05) is 7.05 Å². The average molecular weight is 221 g/mol. The van der Waals surface area contributed by atoms with Crippen LogP contribution in [0.5, 0.6) is 0 Å². The molecule has 2 N–H and O–H groups in total. The quantitative estimate of drug-likeness (QED) is 0.778. The van der Waals surface area contributed by atoms with Gasteiger partial charge in [-0.25, -0.2) is 0 Å². The molecule has 1 aliphatic rings. The Balaban J connectivity index is 2.15. The number of nitrogens with two attached hydrogens (primary N) is 1. The molecule has 0 radical (unpaired) electrons. The number of pyridine rings is 1. The van der Waals surface area contributed by atoms with Crippen molar-refractivity contribution in [3.63, 3.8) is 0 Å². The second-order valence-electron chi connectivity index (χ2n) is 4.02. The Morgan fingerprint density at radius 2 is 2.40 bits per heavy atom. The number of thiocarbonyl (C=S) groups is 1. The first-order valence-corrected chi connectivity index (χ1v) is 5.53. The highest BCUT2D eigenvalue weighted by Gasteiger charge is 2.26. The van der Waals surface area contributed by atoms with Crippen LogP contribution in [0.1, 0.15) is 24.1 Å². The molecule has 0 bridgehead atoms. The van der Waals surface area contributed by atoms with Crippen molar-refractivity contribution in [3.8, 4) is 0 Å². The van der Waals surface area contributed by atoms with Crippen LogP contribution in [0.15, 0.2) is 18.3 Å². The van der Waals surface area contributed by atoms with Crippen molar-refractivity contribution in [1.29, 1.82) is 0 Å². The average Bonchev–Trinajstić information content (AvgIpc) is 3.01. The van der Waals surface area contributed by atoms with Crippen molar-refractivity contribution in [1.82, 2.24) is 9.88 Å². The summed E-state index contributed by atoms with van der Waals surface area (Å²) in [6.07, 6.45) is 4.34. The SMILES string of the molecule is CN(Cc1cccnc1C(N)=S)C1CC1. The molecule has 0 unspecified atom stereocenters. The Labute approximate surface area is 95.3 Å². The number of aromatic nitrogens is 1. The highest BCUT2D eigenvalue weighted by Crippen LogP contribution is 2.26. The van der Waals surface area contributed by atoms with Gasteiger partial charge in [0.1, 0.15) is 10.7 Å². The van der Waals surface area contributed by atoms with E-state index in [-0.39, 0.29) is 0 Å². The molecular weight excluding hydrogens is 206 g/mol. The van der Waals surface area contributed by atoms with Crippen molar-refractivity contribution < 1.29 is 0 Å². The van der Waals surface area contributed by atoms with Crippen LogP contribution in [0.4, 0.5) is 0 Å². The summed E-state index contributed by atoms with van der Waals surface area (Å²) >= 11 is 4.98. The van der Waals surface area contributed by atoms with Crippen LogP contribution in [-0.4, -0.2) is 28.0 Å². The van der Waals surface area contributed by atoms with E-state index >= 15 is 0 Å².